The minimum absolute atomic E-state index is 0.0721. The Bertz CT molecular complexity index is 681. The number of hydrogen-bond acceptors (Lipinski definition) is 4. The number of nitrogens with one attached hydrogen (secondary N) is 1. The summed E-state index contributed by atoms with van der Waals surface area (Å²) in [6.45, 7) is 12.6. The Morgan fingerprint density at radius 2 is 2.19 bits per heavy atom. The quantitative estimate of drug-likeness (QED) is 0.832. The lowest BCUT2D eigenvalue weighted by Crippen LogP contribution is -2.41. The topological polar surface area (TPSA) is 76.5 Å². The summed E-state index contributed by atoms with van der Waals surface area (Å²) in [5, 5.41) is 7.38. The number of amides is 2. The lowest BCUT2D eigenvalue weighted by Gasteiger charge is -2.26. The molecule has 0 radical (unpaired) electrons. The van der Waals surface area contributed by atoms with Crippen LogP contribution in [0.3, 0.4) is 0 Å². The standard InChI is InChI=1S/C19H28N4O3/c1-5-16(24)20-15-12-22(11-13(15)10-19(2,3)4)18(25)14-9-17-23(21-14)7-6-8-26-17/h5,9,13,15H,1,6-8,10-12H2,2-4H3,(H,20,24)/t13-,15-/m1/s1. The van der Waals surface area contributed by atoms with Crippen molar-refractivity contribution in [3.63, 3.8) is 0 Å². The van der Waals surface area contributed by atoms with Crippen molar-refractivity contribution >= 4 is 11.8 Å². The fourth-order valence-electron chi connectivity index (χ4n) is 3.77. The van der Waals surface area contributed by atoms with Gasteiger partial charge in [-0.05, 0) is 23.8 Å². The number of nitrogens with zero attached hydrogens (tertiary/aromatic N) is 3. The maximum Gasteiger partial charge on any atom is 0.274 e. The third-order valence-corrected chi connectivity index (χ3v) is 4.84. The van der Waals surface area contributed by atoms with Crippen molar-refractivity contribution in [2.24, 2.45) is 11.3 Å². The minimum Gasteiger partial charge on any atom is -0.478 e. The van der Waals surface area contributed by atoms with Crippen LogP contribution in [-0.2, 0) is 11.3 Å². The van der Waals surface area contributed by atoms with E-state index < -0.39 is 0 Å². The second kappa shape index (κ2) is 7.13. The zero-order valence-electron chi connectivity index (χ0n) is 15.8. The zero-order valence-corrected chi connectivity index (χ0v) is 15.8. The van der Waals surface area contributed by atoms with Crippen molar-refractivity contribution < 1.29 is 14.3 Å². The molecule has 1 fully saturated rings. The predicted octanol–water partition coefficient (Wildman–Crippen LogP) is 1.84. The molecular weight excluding hydrogens is 332 g/mol. The molecule has 0 unspecified atom stereocenters. The van der Waals surface area contributed by atoms with E-state index in [1.807, 2.05) is 0 Å². The molecule has 1 saturated heterocycles. The molecule has 2 amide bonds. The molecule has 1 aromatic heterocycles. The van der Waals surface area contributed by atoms with Gasteiger partial charge in [-0.3, -0.25) is 9.59 Å². The highest BCUT2D eigenvalue weighted by Gasteiger charge is 2.38. The summed E-state index contributed by atoms with van der Waals surface area (Å²) < 4.78 is 7.30. The Labute approximate surface area is 154 Å². The van der Waals surface area contributed by atoms with E-state index >= 15 is 0 Å². The van der Waals surface area contributed by atoms with Crippen molar-refractivity contribution in [1.82, 2.24) is 20.0 Å². The minimum atomic E-state index is -0.200. The van der Waals surface area contributed by atoms with E-state index in [1.54, 1.807) is 15.6 Å². The number of likely N-dealkylation sites (tertiary alicyclic amines) is 1. The molecule has 26 heavy (non-hydrogen) atoms. The molecular formula is C19H28N4O3. The average molecular weight is 360 g/mol. The first-order chi connectivity index (χ1) is 12.3. The highest BCUT2D eigenvalue weighted by Crippen LogP contribution is 2.31. The Morgan fingerprint density at radius 1 is 1.42 bits per heavy atom. The first-order valence-electron chi connectivity index (χ1n) is 9.20. The molecule has 7 nitrogen and oxygen atoms in total. The first kappa shape index (κ1) is 18.5. The molecule has 142 valence electrons. The van der Waals surface area contributed by atoms with E-state index in [4.69, 9.17) is 4.74 Å². The maximum absolute atomic E-state index is 12.9. The molecule has 7 heteroatoms. The van der Waals surface area contributed by atoms with Crippen LogP contribution in [-0.4, -0.2) is 52.2 Å². The Hall–Kier alpha value is -2.31. The molecule has 2 atom stereocenters. The molecule has 1 aromatic rings. The van der Waals surface area contributed by atoms with Gasteiger partial charge >= 0.3 is 0 Å². The fraction of sp³-hybridized carbons (Fsp3) is 0.632. The third-order valence-electron chi connectivity index (χ3n) is 4.84. The number of aryl methyl sites for hydroxylation is 1. The van der Waals surface area contributed by atoms with Crippen LogP contribution < -0.4 is 10.1 Å². The van der Waals surface area contributed by atoms with Gasteiger partial charge in [0.05, 0.1) is 12.6 Å². The van der Waals surface area contributed by atoms with Crippen molar-refractivity contribution in [3.05, 3.63) is 24.4 Å². The van der Waals surface area contributed by atoms with Crippen LogP contribution in [0.1, 0.15) is 44.1 Å². The Morgan fingerprint density at radius 3 is 2.85 bits per heavy atom. The summed E-state index contributed by atoms with van der Waals surface area (Å²) in [4.78, 5) is 26.5. The summed E-state index contributed by atoms with van der Waals surface area (Å²) in [6.07, 6.45) is 3.09. The number of aromatic nitrogens is 2. The van der Waals surface area contributed by atoms with Gasteiger partial charge in [0.15, 0.2) is 5.69 Å². The van der Waals surface area contributed by atoms with E-state index in [0.717, 1.165) is 19.4 Å². The maximum atomic E-state index is 12.9. The van der Waals surface area contributed by atoms with Crippen molar-refractivity contribution in [1.29, 1.82) is 0 Å². The number of ether oxygens (including phenoxy) is 1. The van der Waals surface area contributed by atoms with Crippen LogP contribution in [0.15, 0.2) is 18.7 Å². The molecule has 0 spiro atoms. The van der Waals surface area contributed by atoms with Crippen LogP contribution in [0.4, 0.5) is 0 Å². The number of fused-ring (bicyclic) bond motifs is 1. The van der Waals surface area contributed by atoms with Crippen molar-refractivity contribution in [2.45, 2.75) is 46.2 Å². The summed E-state index contributed by atoms with van der Waals surface area (Å²) in [5.74, 6) is 0.553. The van der Waals surface area contributed by atoms with Gasteiger partial charge in [-0.2, -0.15) is 5.10 Å². The molecule has 0 aromatic carbocycles. The van der Waals surface area contributed by atoms with Gasteiger partial charge in [0.25, 0.3) is 5.91 Å². The molecule has 2 aliphatic rings. The molecule has 1 N–H and O–H groups in total. The molecule has 0 aliphatic carbocycles. The second-order valence-corrected chi connectivity index (χ2v) is 8.35. The number of hydrogen-bond donors (Lipinski definition) is 1. The van der Waals surface area contributed by atoms with Gasteiger partial charge in [0, 0.05) is 32.1 Å². The van der Waals surface area contributed by atoms with Crippen LogP contribution >= 0.6 is 0 Å². The summed E-state index contributed by atoms with van der Waals surface area (Å²) >= 11 is 0. The van der Waals surface area contributed by atoms with Crippen molar-refractivity contribution in [2.75, 3.05) is 19.7 Å². The second-order valence-electron chi connectivity index (χ2n) is 8.35. The van der Waals surface area contributed by atoms with Gasteiger partial charge < -0.3 is 15.0 Å². The molecule has 3 rings (SSSR count). The van der Waals surface area contributed by atoms with E-state index in [9.17, 15) is 9.59 Å². The van der Waals surface area contributed by atoms with Gasteiger partial charge in [-0.15, -0.1) is 0 Å². The summed E-state index contributed by atoms with van der Waals surface area (Å²) in [7, 11) is 0. The fourth-order valence-corrected chi connectivity index (χ4v) is 3.77. The summed E-state index contributed by atoms with van der Waals surface area (Å²) in [5.41, 5.74) is 0.523. The van der Waals surface area contributed by atoms with Gasteiger partial charge in [0.1, 0.15) is 0 Å². The number of carbonyl (C=O) groups excluding carboxylic acids is 2. The van der Waals surface area contributed by atoms with E-state index in [1.165, 1.54) is 6.08 Å². The molecule has 2 aliphatic heterocycles. The Kier molecular flexibility index (Phi) is 5.07. The average Bonchev–Trinajstić information content (AvgIpc) is 3.17. The zero-order chi connectivity index (χ0) is 18.9. The molecule has 0 bridgehead atoms. The van der Waals surface area contributed by atoms with Crippen molar-refractivity contribution in [3.8, 4) is 5.88 Å². The molecule has 3 heterocycles. The van der Waals surface area contributed by atoms with Crippen LogP contribution in [0.5, 0.6) is 5.88 Å². The third kappa shape index (κ3) is 4.08. The van der Waals surface area contributed by atoms with Crippen LogP contribution in [0.25, 0.3) is 0 Å². The SMILES string of the molecule is C=CC(=O)N[C@@H]1CN(C(=O)c2cc3n(n2)CCCO3)C[C@H]1CC(C)(C)C. The van der Waals surface area contributed by atoms with E-state index in [2.05, 4.69) is 37.8 Å². The lowest BCUT2D eigenvalue weighted by atomic mass is 9.82. The van der Waals surface area contributed by atoms with E-state index in [-0.39, 0.29) is 29.2 Å². The normalized spacial score (nSPS) is 22.5. The predicted molar refractivity (Wildman–Crippen MR) is 97.9 cm³/mol. The largest absolute Gasteiger partial charge is 0.478 e. The highest BCUT2D eigenvalue weighted by molar-refractivity contribution is 5.93. The van der Waals surface area contributed by atoms with Crippen LogP contribution in [0.2, 0.25) is 0 Å². The van der Waals surface area contributed by atoms with Gasteiger partial charge in [-0.1, -0.05) is 27.4 Å². The summed E-state index contributed by atoms with van der Waals surface area (Å²) in [6, 6.07) is 1.65. The van der Waals surface area contributed by atoms with E-state index in [0.29, 0.717) is 31.3 Å². The number of rotatable bonds is 4. The monoisotopic (exact) mass is 360 g/mol. The smallest absolute Gasteiger partial charge is 0.274 e. The number of carbonyl (C=O) groups is 2. The highest BCUT2D eigenvalue weighted by atomic mass is 16.5. The van der Waals surface area contributed by atoms with Crippen LogP contribution in [0, 0.1) is 11.3 Å². The van der Waals surface area contributed by atoms with Gasteiger partial charge in [-0.25, -0.2) is 4.68 Å². The van der Waals surface area contributed by atoms with Gasteiger partial charge in [0.2, 0.25) is 11.8 Å². The lowest BCUT2D eigenvalue weighted by molar-refractivity contribution is -0.117. The Balaban J connectivity index is 1.74. The first-order valence-corrected chi connectivity index (χ1v) is 9.20. The molecule has 0 saturated carbocycles.